The molecule has 5 aliphatic rings. The first-order valence-electron chi connectivity index (χ1n) is 19.7. The van der Waals surface area contributed by atoms with Crippen LogP contribution in [0, 0.1) is 5.41 Å². The average molecular weight is 835 g/mol. The fourth-order valence-electron chi connectivity index (χ4n) is 8.75. The molecule has 2 amide bonds. The van der Waals surface area contributed by atoms with Gasteiger partial charge in [0.1, 0.15) is 28.2 Å². The van der Waals surface area contributed by atoms with Gasteiger partial charge in [0.2, 0.25) is 5.69 Å². The number of ether oxygens (including phenoxy) is 1. The van der Waals surface area contributed by atoms with Crippen LogP contribution in [0.25, 0.3) is 5.57 Å². The number of allylic oxidation sites excluding steroid dienone is 6. The molecule has 1 atom stereocenters. The number of nitrogens with zero attached hydrogens (tertiary/aromatic N) is 3. The summed E-state index contributed by atoms with van der Waals surface area (Å²) in [6.45, 7) is 10.2. The molecule has 0 aliphatic carbocycles. The number of benzene rings is 2. The molecule has 5 aliphatic heterocycles. The lowest BCUT2D eigenvalue weighted by atomic mass is 9.75. The highest BCUT2D eigenvalue weighted by Gasteiger charge is 2.48. The van der Waals surface area contributed by atoms with Crippen LogP contribution in [0.3, 0.4) is 0 Å². The molecule has 0 bridgehead atoms. The summed E-state index contributed by atoms with van der Waals surface area (Å²) < 4.78 is 80.4. The van der Waals surface area contributed by atoms with Crippen LogP contribution < -0.4 is 9.64 Å². The van der Waals surface area contributed by atoms with Crippen molar-refractivity contribution < 1.29 is 54.5 Å². The predicted octanol–water partition coefficient (Wildman–Crippen LogP) is 5.32. The van der Waals surface area contributed by atoms with E-state index in [1.807, 2.05) is 35.8 Å². The van der Waals surface area contributed by atoms with E-state index < -0.39 is 54.1 Å². The Morgan fingerprint density at radius 1 is 1.00 bits per heavy atom. The number of amides is 2. The van der Waals surface area contributed by atoms with Gasteiger partial charge < -0.3 is 23.6 Å². The Kier molecular flexibility index (Phi) is 11.1. The van der Waals surface area contributed by atoms with Crippen molar-refractivity contribution in [3.63, 3.8) is 0 Å². The van der Waals surface area contributed by atoms with Gasteiger partial charge in [0.05, 0.1) is 20.4 Å². The van der Waals surface area contributed by atoms with Gasteiger partial charge >= 0.3 is 5.97 Å². The molecule has 0 radical (unpaired) electrons. The van der Waals surface area contributed by atoms with Gasteiger partial charge in [-0.25, -0.2) is 21.6 Å². The minimum absolute atomic E-state index is 0.0428. The van der Waals surface area contributed by atoms with E-state index in [0.29, 0.717) is 22.0 Å². The standard InChI is InChI=1S/C42H49N3O11S2/c1-41(2,3)35-25-27(31-24-28-11-7-20-43-21-8-12-30(39(28)43)40(31)55-35)10-5-13-34-42(4,19-6-14-38(48)56-45-36(46)17-18-37(45)47)32-26-29(58(52,53)54)15-16-33(32)44(34)22-9-23-57(49,50)51/h5,10,13,15-16,24-26H,6-9,11-12,14,17-23H2,1-4H3,(H-,49,50,51,52,53,54)/p-1. The fraction of sp³-hybridized carbons (Fsp3) is 0.476. The molecule has 2 aromatic carbocycles. The van der Waals surface area contributed by atoms with Gasteiger partial charge in [-0.15, -0.1) is 5.06 Å². The number of imide groups is 1. The van der Waals surface area contributed by atoms with Gasteiger partial charge in [-0.1, -0.05) is 32.9 Å². The van der Waals surface area contributed by atoms with E-state index in [1.54, 1.807) is 0 Å². The van der Waals surface area contributed by atoms with Crippen LogP contribution in [0.1, 0.15) is 101 Å². The second-order valence-electron chi connectivity index (χ2n) is 16.8. The number of carbonyl (C=O) groups is 3. The maximum absolute atomic E-state index is 12.8. The van der Waals surface area contributed by atoms with Crippen LogP contribution in [-0.2, 0) is 57.7 Å². The zero-order chi connectivity index (χ0) is 41.8. The summed E-state index contributed by atoms with van der Waals surface area (Å²) in [7, 11) is -9.44. The topological polar surface area (TPSA) is 194 Å². The monoisotopic (exact) mass is 834 g/mol. The molecule has 1 unspecified atom stereocenters. The molecule has 0 spiro atoms. The molecular weight excluding hydrogens is 787 g/mol. The quantitative estimate of drug-likeness (QED) is 0.152. The molecule has 0 saturated carbocycles. The highest BCUT2D eigenvalue weighted by molar-refractivity contribution is 7.86. The Labute approximate surface area is 339 Å². The van der Waals surface area contributed by atoms with E-state index in [4.69, 9.17) is 9.57 Å². The summed E-state index contributed by atoms with van der Waals surface area (Å²) in [6.07, 6.45) is 11.8. The SMILES string of the molecule is CC(C)(C)C1=C/C(=C\C=C\C2=[N+](CCCS(=O)(=O)[O-])c3ccc(S(=O)(=O)[O-])cc3C2(C)CCCC(=O)ON2C(=O)CCC2=O)c2cc3c4c(c2O1)CCCN4CCC3. The zero-order valence-corrected chi connectivity index (χ0v) is 34.8. The van der Waals surface area contributed by atoms with E-state index in [2.05, 4.69) is 31.7 Å². The summed E-state index contributed by atoms with van der Waals surface area (Å²) in [5, 5.41) is 0.481. The third-order valence-corrected chi connectivity index (χ3v) is 13.2. The van der Waals surface area contributed by atoms with E-state index in [1.165, 1.54) is 35.0 Å². The average Bonchev–Trinajstić information content (AvgIpc) is 3.58. The molecule has 58 heavy (non-hydrogen) atoms. The fourth-order valence-corrected chi connectivity index (χ4v) is 9.73. The number of carbonyl (C=O) groups excluding carboxylic acids is 3. The number of rotatable bonds is 12. The molecule has 1 saturated heterocycles. The molecule has 16 heteroatoms. The van der Waals surface area contributed by atoms with Crippen molar-refractivity contribution in [2.24, 2.45) is 5.41 Å². The Bertz CT molecular complexity index is 2420. The Hall–Kier alpha value is -4.64. The summed E-state index contributed by atoms with van der Waals surface area (Å²) >= 11 is 0. The summed E-state index contributed by atoms with van der Waals surface area (Å²) in [5.74, 6) is -0.978. The third kappa shape index (κ3) is 8.29. The number of hydrogen-bond acceptors (Lipinski definition) is 12. The van der Waals surface area contributed by atoms with Crippen LogP contribution in [-0.4, -0.2) is 84.5 Å². The summed E-state index contributed by atoms with van der Waals surface area (Å²) in [6, 6.07) is 6.22. The Morgan fingerprint density at radius 3 is 2.38 bits per heavy atom. The van der Waals surface area contributed by atoms with Crippen molar-refractivity contribution in [1.82, 2.24) is 5.06 Å². The van der Waals surface area contributed by atoms with Crippen molar-refractivity contribution in [2.75, 3.05) is 30.3 Å². The lowest BCUT2D eigenvalue weighted by molar-refractivity contribution is -0.437. The van der Waals surface area contributed by atoms with Crippen molar-refractivity contribution in [3.8, 4) is 5.75 Å². The van der Waals surface area contributed by atoms with E-state index >= 15 is 0 Å². The van der Waals surface area contributed by atoms with Gasteiger partial charge in [0.15, 0.2) is 5.71 Å². The van der Waals surface area contributed by atoms with Crippen LogP contribution in [0.5, 0.6) is 5.75 Å². The first-order valence-corrected chi connectivity index (χ1v) is 22.7. The van der Waals surface area contributed by atoms with E-state index in [0.717, 1.165) is 61.4 Å². The molecule has 7 rings (SSSR count). The highest BCUT2D eigenvalue weighted by Crippen LogP contribution is 2.49. The van der Waals surface area contributed by atoms with Crippen molar-refractivity contribution in [1.29, 1.82) is 0 Å². The Morgan fingerprint density at radius 2 is 1.71 bits per heavy atom. The van der Waals surface area contributed by atoms with Gasteiger partial charge in [0, 0.05) is 84.5 Å². The van der Waals surface area contributed by atoms with Crippen molar-refractivity contribution in [3.05, 3.63) is 76.6 Å². The highest BCUT2D eigenvalue weighted by atomic mass is 32.2. The summed E-state index contributed by atoms with van der Waals surface area (Å²) in [4.78, 5) is 44.1. The van der Waals surface area contributed by atoms with E-state index in [9.17, 15) is 40.3 Å². The lowest BCUT2D eigenvalue weighted by Crippen LogP contribution is -2.35. The Balaban J connectivity index is 1.30. The van der Waals surface area contributed by atoms with E-state index in [-0.39, 0.29) is 50.5 Å². The van der Waals surface area contributed by atoms with Crippen molar-refractivity contribution >= 4 is 60.7 Å². The smallest absolute Gasteiger partial charge is 0.333 e. The molecule has 0 N–H and O–H groups in total. The number of hydroxylamine groups is 2. The second kappa shape index (κ2) is 15.5. The maximum atomic E-state index is 12.8. The zero-order valence-electron chi connectivity index (χ0n) is 33.2. The molecule has 5 heterocycles. The van der Waals surface area contributed by atoms with Crippen LogP contribution in [0.15, 0.2) is 59.2 Å². The lowest BCUT2D eigenvalue weighted by Gasteiger charge is -2.40. The molecule has 310 valence electrons. The maximum Gasteiger partial charge on any atom is 0.333 e. The predicted molar refractivity (Wildman–Crippen MR) is 212 cm³/mol. The van der Waals surface area contributed by atoms with Gasteiger partial charge in [-0.2, -0.15) is 4.58 Å². The molecule has 1 fully saturated rings. The largest absolute Gasteiger partial charge is 0.748 e. The number of fused-ring (bicyclic) bond motifs is 3. The minimum Gasteiger partial charge on any atom is -0.748 e. The molecule has 0 aromatic heterocycles. The normalized spacial score (nSPS) is 21.3. The minimum atomic E-state index is -4.88. The van der Waals surface area contributed by atoms with Gasteiger partial charge in [0.25, 0.3) is 11.8 Å². The summed E-state index contributed by atoms with van der Waals surface area (Å²) in [5.41, 5.74) is 5.94. The third-order valence-electron chi connectivity index (χ3n) is 11.6. The van der Waals surface area contributed by atoms with Gasteiger partial charge in [-0.3, -0.25) is 9.59 Å². The van der Waals surface area contributed by atoms with Crippen molar-refractivity contribution in [2.45, 2.75) is 102 Å². The number of hydrogen-bond donors (Lipinski definition) is 0. The van der Waals surface area contributed by atoms with Crippen LogP contribution in [0.4, 0.5) is 11.4 Å². The van der Waals surface area contributed by atoms with Gasteiger partial charge in [-0.05, 0) is 80.9 Å². The number of anilines is 1. The molecular formula is C42H48N3O11S2-. The van der Waals surface area contributed by atoms with Crippen LogP contribution >= 0.6 is 0 Å². The first kappa shape index (κ1) is 41.5. The molecule has 2 aromatic rings. The van der Waals surface area contributed by atoms with Crippen LogP contribution in [0.2, 0.25) is 0 Å². The first-order chi connectivity index (χ1) is 27.2. The number of aryl methyl sites for hydroxylation is 1. The molecule has 14 nitrogen and oxygen atoms in total. The second-order valence-corrected chi connectivity index (χ2v) is 19.7.